The number of aromatic nitrogens is 2. The number of nitrogens with zero attached hydrogens (tertiary/aromatic N) is 3. The summed E-state index contributed by atoms with van der Waals surface area (Å²) in [6, 6.07) is 16.1. The Labute approximate surface area is 248 Å². The van der Waals surface area contributed by atoms with Crippen molar-refractivity contribution in [3.8, 4) is 23.0 Å². The number of carbonyl (C=O) groups excluding carboxylic acids is 2. The lowest BCUT2D eigenvalue weighted by atomic mass is 10.2. The van der Waals surface area contributed by atoms with Crippen LogP contribution in [0, 0.1) is 10.1 Å². The average molecular weight is 591 g/mol. The molecule has 43 heavy (non-hydrogen) atoms. The maximum atomic E-state index is 11.5. The maximum Gasteiger partial charge on any atom is 0.296 e. The van der Waals surface area contributed by atoms with Crippen molar-refractivity contribution in [3.63, 3.8) is 0 Å². The number of hydrogen-bond acceptors (Lipinski definition) is 11. The highest BCUT2D eigenvalue weighted by Gasteiger charge is 2.15. The molecule has 0 radical (unpaired) electrons. The van der Waals surface area contributed by atoms with Crippen molar-refractivity contribution < 1.29 is 24.0 Å². The minimum absolute atomic E-state index is 0. The van der Waals surface area contributed by atoms with Gasteiger partial charge in [-0.3, -0.25) is 29.7 Å². The van der Waals surface area contributed by atoms with Crippen molar-refractivity contribution in [2.45, 2.75) is 7.43 Å². The van der Waals surface area contributed by atoms with Gasteiger partial charge in [-0.15, -0.1) is 0 Å². The van der Waals surface area contributed by atoms with E-state index in [2.05, 4.69) is 31.2 Å². The number of hydrogen-bond donors (Lipinski definition) is 5. The summed E-state index contributed by atoms with van der Waals surface area (Å²) in [6.45, 7) is 0. The Balaban J connectivity index is 0.000000295. The molecule has 226 valence electrons. The van der Waals surface area contributed by atoms with Crippen molar-refractivity contribution >= 4 is 34.6 Å². The van der Waals surface area contributed by atoms with E-state index < -0.39 is 4.92 Å². The number of nitro benzene ring substituents is 1. The third-order valence-electron chi connectivity index (χ3n) is 5.58. The van der Waals surface area contributed by atoms with Gasteiger partial charge >= 0.3 is 0 Å². The van der Waals surface area contributed by atoms with E-state index in [9.17, 15) is 19.7 Å². The van der Waals surface area contributed by atoms with Crippen LogP contribution in [-0.4, -0.2) is 54.9 Å². The second-order valence-corrected chi connectivity index (χ2v) is 8.30. The van der Waals surface area contributed by atoms with Gasteiger partial charge in [-0.2, -0.15) is 0 Å². The summed E-state index contributed by atoms with van der Waals surface area (Å²) in [6.07, 6.45) is 2.95. The number of amides is 2. The first kappa shape index (κ1) is 33.3. The lowest BCUT2D eigenvalue weighted by molar-refractivity contribution is -0.384. The van der Waals surface area contributed by atoms with E-state index in [1.807, 2.05) is 6.07 Å². The van der Waals surface area contributed by atoms with Gasteiger partial charge in [-0.1, -0.05) is 7.43 Å². The minimum atomic E-state index is -0.499. The van der Waals surface area contributed by atoms with Gasteiger partial charge in [-0.05, 0) is 36.4 Å². The first-order valence-corrected chi connectivity index (χ1v) is 12.4. The number of nitrogen functional groups attached to an aromatic ring is 1. The van der Waals surface area contributed by atoms with Gasteiger partial charge in [0.15, 0.2) is 0 Å². The smallest absolute Gasteiger partial charge is 0.296 e. The van der Waals surface area contributed by atoms with Gasteiger partial charge < -0.3 is 36.5 Å². The average Bonchev–Trinajstić information content (AvgIpc) is 3.01. The molecule has 6 N–H and O–H groups in total. The Morgan fingerprint density at radius 3 is 1.58 bits per heavy atom. The van der Waals surface area contributed by atoms with Crippen LogP contribution in [0.1, 0.15) is 28.4 Å². The molecule has 0 unspecified atom stereocenters. The van der Waals surface area contributed by atoms with Crippen LogP contribution >= 0.6 is 0 Å². The predicted octanol–water partition coefficient (Wildman–Crippen LogP) is 4.68. The van der Waals surface area contributed by atoms with Crippen molar-refractivity contribution in [1.29, 1.82) is 0 Å². The van der Waals surface area contributed by atoms with Crippen LogP contribution in [0.2, 0.25) is 0 Å². The van der Waals surface area contributed by atoms with Gasteiger partial charge in [-0.25, -0.2) is 0 Å². The first-order chi connectivity index (χ1) is 20.2. The molecule has 2 aromatic carbocycles. The molecular formula is C29H34N8O6. The molecule has 0 spiro atoms. The lowest BCUT2D eigenvalue weighted by Crippen LogP contribution is -2.18. The van der Waals surface area contributed by atoms with Crippen molar-refractivity contribution in [2.75, 3.05) is 44.6 Å². The Hall–Kier alpha value is -5.92. The SMILES string of the molecule is C.CNC(=O)c1cc(Oc2ccc(NC)c(N)c2)ccn1.CNC(=O)c1cc(Oc2ccc(NC)c([N+](=O)[O-])c2)ccn1. The van der Waals surface area contributed by atoms with Crippen LogP contribution in [0.15, 0.2) is 73.1 Å². The summed E-state index contributed by atoms with van der Waals surface area (Å²) in [4.78, 5) is 41.4. The zero-order valence-corrected chi connectivity index (χ0v) is 23.3. The van der Waals surface area contributed by atoms with Crippen LogP contribution in [0.25, 0.3) is 0 Å². The summed E-state index contributed by atoms with van der Waals surface area (Å²) in [5, 5.41) is 21.7. The third kappa shape index (κ3) is 9.04. The van der Waals surface area contributed by atoms with Crippen LogP contribution < -0.4 is 36.5 Å². The molecule has 2 heterocycles. The van der Waals surface area contributed by atoms with Crippen molar-refractivity contribution in [1.82, 2.24) is 20.6 Å². The van der Waals surface area contributed by atoms with E-state index in [4.69, 9.17) is 15.2 Å². The zero-order valence-electron chi connectivity index (χ0n) is 23.3. The minimum Gasteiger partial charge on any atom is -0.457 e. The first-order valence-electron chi connectivity index (χ1n) is 12.4. The number of carbonyl (C=O) groups is 2. The molecule has 0 aliphatic carbocycles. The van der Waals surface area contributed by atoms with Gasteiger partial charge in [0, 0.05) is 58.8 Å². The number of rotatable bonds is 9. The number of pyridine rings is 2. The van der Waals surface area contributed by atoms with Gasteiger partial charge in [0.05, 0.1) is 22.4 Å². The van der Waals surface area contributed by atoms with E-state index in [0.717, 1.165) is 5.69 Å². The van der Waals surface area contributed by atoms with Crippen LogP contribution in [0.3, 0.4) is 0 Å². The summed E-state index contributed by atoms with van der Waals surface area (Å²) in [7, 11) is 6.44. The summed E-state index contributed by atoms with van der Waals surface area (Å²) in [5.41, 5.74) is 8.07. The molecule has 0 aliphatic heterocycles. The molecule has 2 amide bonds. The standard InChI is InChI=1S/C14H14N4O4.C14H16N4O2.CH4/c1-15-11-4-3-9(8-13(11)18(20)21)22-10-5-6-17-12(7-10)14(19)16-2;1-16-12-4-3-9(7-11(12)15)20-10-5-6-18-13(8-10)14(19)17-2;/h3-8,15H,1-2H3,(H,16,19);3-8,16H,15H2,1-2H3,(H,17,19);1H4. The fourth-order valence-corrected chi connectivity index (χ4v) is 3.50. The summed E-state index contributed by atoms with van der Waals surface area (Å²) >= 11 is 0. The number of benzene rings is 2. The highest BCUT2D eigenvalue weighted by molar-refractivity contribution is 5.92. The van der Waals surface area contributed by atoms with Crippen LogP contribution in [0.4, 0.5) is 22.7 Å². The molecule has 4 rings (SSSR count). The molecule has 0 fully saturated rings. The second kappa shape index (κ2) is 15.8. The fourth-order valence-electron chi connectivity index (χ4n) is 3.50. The van der Waals surface area contributed by atoms with E-state index in [-0.39, 0.29) is 30.6 Å². The summed E-state index contributed by atoms with van der Waals surface area (Å²) in [5.74, 6) is 1.16. The van der Waals surface area contributed by atoms with Crippen molar-refractivity contribution in [2.24, 2.45) is 0 Å². The zero-order chi connectivity index (χ0) is 30.6. The van der Waals surface area contributed by atoms with Crippen LogP contribution in [-0.2, 0) is 0 Å². The lowest BCUT2D eigenvalue weighted by Gasteiger charge is -2.10. The molecule has 0 saturated heterocycles. The van der Waals surface area contributed by atoms with E-state index in [0.29, 0.717) is 40.1 Å². The molecule has 14 heteroatoms. The number of ether oxygens (including phenoxy) is 2. The number of nitrogens with one attached hydrogen (secondary N) is 4. The predicted molar refractivity (Wildman–Crippen MR) is 165 cm³/mol. The third-order valence-corrected chi connectivity index (χ3v) is 5.58. The highest BCUT2D eigenvalue weighted by atomic mass is 16.6. The Kier molecular flexibility index (Phi) is 12.2. The number of nitrogens with two attached hydrogens (primary N) is 1. The molecule has 4 aromatic rings. The monoisotopic (exact) mass is 590 g/mol. The molecule has 14 nitrogen and oxygen atoms in total. The van der Waals surface area contributed by atoms with E-state index >= 15 is 0 Å². The molecular weight excluding hydrogens is 556 g/mol. The fraction of sp³-hybridized carbons (Fsp3) is 0.172. The number of anilines is 3. The highest BCUT2D eigenvalue weighted by Crippen LogP contribution is 2.31. The van der Waals surface area contributed by atoms with Crippen LogP contribution in [0.5, 0.6) is 23.0 Å². The Morgan fingerprint density at radius 2 is 1.16 bits per heavy atom. The topological polar surface area (TPSA) is 196 Å². The summed E-state index contributed by atoms with van der Waals surface area (Å²) < 4.78 is 11.2. The largest absolute Gasteiger partial charge is 0.457 e. The van der Waals surface area contributed by atoms with Gasteiger partial charge in [0.2, 0.25) is 0 Å². The van der Waals surface area contributed by atoms with E-state index in [1.165, 1.54) is 31.6 Å². The van der Waals surface area contributed by atoms with Gasteiger partial charge in [0.25, 0.3) is 17.5 Å². The molecule has 2 aromatic heterocycles. The molecule has 0 bridgehead atoms. The second-order valence-electron chi connectivity index (χ2n) is 8.30. The quantitative estimate of drug-likeness (QED) is 0.103. The normalized spacial score (nSPS) is 9.67. The molecule has 0 saturated carbocycles. The van der Waals surface area contributed by atoms with E-state index in [1.54, 1.807) is 63.6 Å². The van der Waals surface area contributed by atoms with Crippen molar-refractivity contribution in [3.05, 3.63) is 94.6 Å². The number of nitro groups is 1. The molecule has 0 aliphatic rings. The Bertz CT molecular complexity index is 1580. The molecule has 0 atom stereocenters. The Morgan fingerprint density at radius 1 is 0.721 bits per heavy atom. The van der Waals surface area contributed by atoms with Gasteiger partial charge in [0.1, 0.15) is 40.1 Å². The maximum absolute atomic E-state index is 11.5.